The molecule has 0 unspecified atom stereocenters. The molecule has 2 aliphatic carbocycles. The molecule has 3 fully saturated rings. The van der Waals surface area contributed by atoms with Gasteiger partial charge in [-0.15, -0.1) is 0 Å². The standard InChI is InChI=1S/C17H29N3O2/c21-16(18-15-6-7-15)12-13-8-10-20(11-9-13)17(22)19-14-4-2-1-3-5-14/h13-15H,1-12H2,(H,18,21)(H,19,22). The van der Waals surface area contributed by atoms with Gasteiger partial charge >= 0.3 is 6.03 Å². The smallest absolute Gasteiger partial charge is 0.317 e. The number of nitrogens with one attached hydrogen (secondary N) is 2. The number of urea groups is 1. The van der Waals surface area contributed by atoms with E-state index in [-0.39, 0.29) is 11.9 Å². The fraction of sp³-hybridized carbons (Fsp3) is 0.882. The molecule has 5 nitrogen and oxygen atoms in total. The van der Waals surface area contributed by atoms with Crippen molar-refractivity contribution < 1.29 is 9.59 Å². The predicted molar refractivity (Wildman–Crippen MR) is 85.5 cm³/mol. The molecule has 0 aromatic rings. The van der Waals surface area contributed by atoms with Crippen molar-refractivity contribution in [3.05, 3.63) is 0 Å². The summed E-state index contributed by atoms with van der Waals surface area (Å²) in [5, 5.41) is 6.24. The largest absolute Gasteiger partial charge is 0.353 e. The highest BCUT2D eigenvalue weighted by molar-refractivity contribution is 5.77. The van der Waals surface area contributed by atoms with Crippen LogP contribution in [0.1, 0.15) is 64.2 Å². The maximum atomic E-state index is 12.3. The van der Waals surface area contributed by atoms with Crippen LogP contribution in [0.15, 0.2) is 0 Å². The Morgan fingerprint density at radius 3 is 2.09 bits per heavy atom. The molecule has 0 aromatic heterocycles. The first kappa shape index (κ1) is 15.6. The molecular formula is C17H29N3O2. The van der Waals surface area contributed by atoms with Gasteiger partial charge in [0.2, 0.25) is 5.91 Å². The summed E-state index contributed by atoms with van der Waals surface area (Å²) in [6.45, 7) is 1.58. The van der Waals surface area contributed by atoms with Gasteiger partial charge in [0.25, 0.3) is 0 Å². The maximum absolute atomic E-state index is 12.3. The fourth-order valence-electron chi connectivity index (χ4n) is 3.63. The molecule has 0 bridgehead atoms. The van der Waals surface area contributed by atoms with E-state index in [4.69, 9.17) is 0 Å². The van der Waals surface area contributed by atoms with Crippen LogP contribution in [0.25, 0.3) is 0 Å². The minimum Gasteiger partial charge on any atom is -0.353 e. The van der Waals surface area contributed by atoms with Gasteiger partial charge in [0.15, 0.2) is 0 Å². The van der Waals surface area contributed by atoms with Crippen molar-refractivity contribution in [1.29, 1.82) is 0 Å². The highest BCUT2D eigenvalue weighted by Gasteiger charge is 2.28. The number of amides is 3. The maximum Gasteiger partial charge on any atom is 0.317 e. The zero-order valence-corrected chi connectivity index (χ0v) is 13.5. The Labute approximate surface area is 133 Å². The van der Waals surface area contributed by atoms with Gasteiger partial charge in [-0.05, 0) is 44.4 Å². The summed E-state index contributed by atoms with van der Waals surface area (Å²) >= 11 is 0. The summed E-state index contributed by atoms with van der Waals surface area (Å²) < 4.78 is 0. The minimum atomic E-state index is 0.104. The lowest BCUT2D eigenvalue weighted by molar-refractivity contribution is -0.122. The number of likely N-dealkylation sites (tertiary alicyclic amines) is 1. The third kappa shape index (κ3) is 4.62. The van der Waals surface area contributed by atoms with Crippen LogP contribution in [-0.4, -0.2) is 42.0 Å². The molecule has 0 radical (unpaired) electrons. The van der Waals surface area contributed by atoms with Gasteiger partial charge in [0, 0.05) is 31.6 Å². The second-order valence-corrected chi connectivity index (χ2v) is 7.26. The Morgan fingerprint density at radius 1 is 0.818 bits per heavy atom. The second kappa shape index (κ2) is 7.34. The van der Waals surface area contributed by atoms with Crippen LogP contribution >= 0.6 is 0 Å². The van der Waals surface area contributed by atoms with E-state index in [1.807, 2.05) is 4.90 Å². The van der Waals surface area contributed by atoms with Gasteiger partial charge in [0.1, 0.15) is 0 Å². The van der Waals surface area contributed by atoms with Crippen molar-refractivity contribution in [2.75, 3.05) is 13.1 Å². The minimum absolute atomic E-state index is 0.104. The Morgan fingerprint density at radius 2 is 1.45 bits per heavy atom. The highest BCUT2D eigenvalue weighted by atomic mass is 16.2. The zero-order chi connectivity index (χ0) is 15.4. The average Bonchev–Trinajstić information content (AvgIpc) is 3.32. The number of piperidine rings is 1. The summed E-state index contributed by atoms with van der Waals surface area (Å²) in [7, 11) is 0. The molecular weight excluding hydrogens is 278 g/mol. The van der Waals surface area contributed by atoms with E-state index in [2.05, 4.69) is 10.6 Å². The third-order valence-electron chi connectivity index (χ3n) is 5.25. The quantitative estimate of drug-likeness (QED) is 0.838. The van der Waals surface area contributed by atoms with Crippen LogP contribution in [0, 0.1) is 5.92 Å². The Hall–Kier alpha value is -1.26. The lowest BCUT2D eigenvalue weighted by Crippen LogP contribution is -2.48. The summed E-state index contributed by atoms with van der Waals surface area (Å²) in [6.07, 6.45) is 10.9. The summed E-state index contributed by atoms with van der Waals surface area (Å²) in [4.78, 5) is 26.1. The molecule has 22 heavy (non-hydrogen) atoms. The van der Waals surface area contributed by atoms with E-state index in [9.17, 15) is 9.59 Å². The van der Waals surface area contributed by atoms with Crippen LogP contribution < -0.4 is 10.6 Å². The average molecular weight is 307 g/mol. The normalized spacial score (nSPS) is 24.1. The van der Waals surface area contributed by atoms with E-state index in [0.29, 0.717) is 24.4 Å². The first-order chi connectivity index (χ1) is 10.7. The second-order valence-electron chi connectivity index (χ2n) is 7.26. The SMILES string of the molecule is O=C(CC1CCN(C(=O)NC2CCCCC2)CC1)NC1CC1. The van der Waals surface area contributed by atoms with Gasteiger partial charge in [0.05, 0.1) is 0 Å². The monoisotopic (exact) mass is 307 g/mol. The van der Waals surface area contributed by atoms with Gasteiger partial charge in [-0.25, -0.2) is 4.79 Å². The van der Waals surface area contributed by atoms with Crippen molar-refractivity contribution in [3.63, 3.8) is 0 Å². The molecule has 124 valence electrons. The highest BCUT2D eigenvalue weighted by Crippen LogP contribution is 2.23. The van der Waals surface area contributed by atoms with Crippen LogP contribution in [0.4, 0.5) is 4.79 Å². The van der Waals surface area contributed by atoms with Crippen molar-refractivity contribution in [2.45, 2.75) is 76.3 Å². The van der Waals surface area contributed by atoms with Crippen LogP contribution in [-0.2, 0) is 4.79 Å². The first-order valence-corrected chi connectivity index (χ1v) is 9.05. The van der Waals surface area contributed by atoms with Crippen molar-refractivity contribution in [3.8, 4) is 0 Å². The molecule has 3 rings (SSSR count). The van der Waals surface area contributed by atoms with E-state index in [1.165, 1.54) is 19.3 Å². The molecule has 2 saturated carbocycles. The number of carbonyl (C=O) groups is 2. The van der Waals surface area contributed by atoms with Gasteiger partial charge in [-0.3, -0.25) is 4.79 Å². The topological polar surface area (TPSA) is 61.4 Å². The number of nitrogens with zero attached hydrogens (tertiary/aromatic N) is 1. The molecule has 0 atom stereocenters. The van der Waals surface area contributed by atoms with Gasteiger partial charge < -0.3 is 15.5 Å². The van der Waals surface area contributed by atoms with Gasteiger partial charge in [-0.1, -0.05) is 19.3 Å². The third-order valence-corrected chi connectivity index (χ3v) is 5.25. The van der Waals surface area contributed by atoms with Crippen LogP contribution in [0.2, 0.25) is 0 Å². The zero-order valence-electron chi connectivity index (χ0n) is 13.5. The molecule has 3 aliphatic rings. The summed E-state index contributed by atoms with van der Waals surface area (Å²) in [5.41, 5.74) is 0. The number of carbonyl (C=O) groups excluding carboxylic acids is 2. The summed E-state index contributed by atoms with van der Waals surface area (Å²) in [5.74, 6) is 0.644. The number of hydrogen-bond donors (Lipinski definition) is 2. The molecule has 5 heteroatoms. The summed E-state index contributed by atoms with van der Waals surface area (Å²) in [6, 6.07) is 0.935. The Balaban J connectivity index is 1.35. The molecule has 1 saturated heterocycles. The Bertz CT molecular complexity index is 395. The van der Waals surface area contributed by atoms with E-state index in [1.54, 1.807) is 0 Å². The Kier molecular flexibility index (Phi) is 5.21. The number of rotatable bonds is 4. The van der Waals surface area contributed by atoms with E-state index in [0.717, 1.165) is 51.6 Å². The van der Waals surface area contributed by atoms with Crippen LogP contribution in [0.5, 0.6) is 0 Å². The fourth-order valence-corrected chi connectivity index (χ4v) is 3.63. The van der Waals surface area contributed by atoms with Gasteiger partial charge in [-0.2, -0.15) is 0 Å². The van der Waals surface area contributed by atoms with E-state index < -0.39 is 0 Å². The van der Waals surface area contributed by atoms with Crippen LogP contribution in [0.3, 0.4) is 0 Å². The predicted octanol–water partition coefficient (Wildman–Crippen LogP) is 2.41. The van der Waals surface area contributed by atoms with Crippen molar-refractivity contribution in [2.24, 2.45) is 5.92 Å². The van der Waals surface area contributed by atoms with Crippen molar-refractivity contribution >= 4 is 11.9 Å². The molecule has 0 spiro atoms. The molecule has 1 aliphatic heterocycles. The number of hydrogen-bond acceptors (Lipinski definition) is 2. The van der Waals surface area contributed by atoms with E-state index >= 15 is 0 Å². The van der Waals surface area contributed by atoms with Crippen molar-refractivity contribution in [1.82, 2.24) is 15.5 Å². The molecule has 0 aromatic carbocycles. The molecule has 2 N–H and O–H groups in total. The molecule has 1 heterocycles. The lowest BCUT2D eigenvalue weighted by atomic mass is 9.93. The lowest BCUT2D eigenvalue weighted by Gasteiger charge is -2.33. The molecule has 3 amide bonds. The first-order valence-electron chi connectivity index (χ1n) is 9.05.